The smallest absolute Gasteiger partial charge is 0.174 e. The van der Waals surface area contributed by atoms with Crippen molar-refractivity contribution in [3.05, 3.63) is 21.9 Å². The van der Waals surface area contributed by atoms with E-state index < -0.39 is 0 Å². The van der Waals surface area contributed by atoms with Gasteiger partial charge in [-0.15, -0.1) is 11.3 Å². The first-order valence-electron chi connectivity index (χ1n) is 3.03. The van der Waals surface area contributed by atoms with Crippen LogP contribution in [0.1, 0.15) is 26.5 Å². The molecule has 1 aromatic rings. The molecule has 10 heavy (non-hydrogen) atoms. The fourth-order valence-corrected chi connectivity index (χ4v) is 2.90. The second-order valence-corrected chi connectivity index (χ2v) is 4.32. The van der Waals surface area contributed by atoms with Gasteiger partial charge in [0.25, 0.3) is 0 Å². The number of fused-ring (bicyclic) bond motifs is 1. The molecule has 0 fully saturated rings. The highest BCUT2D eigenvalue weighted by Gasteiger charge is 2.27. The van der Waals surface area contributed by atoms with Crippen LogP contribution in [0.15, 0.2) is 11.4 Å². The van der Waals surface area contributed by atoms with E-state index in [-0.39, 0.29) is 10.6 Å². The van der Waals surface area contributed by atoms with Gasteiger partial charge < -0.3 is 0 Å². The molecule has 0 bridgehead atoms. The van der Waals surface area contributed by atoms with Crippen molar-refractivity contribution in [1.29, 1.82) is 0 Å². The second kappa shape index (κ2) is 2.17. The molecule has 1 aliphatic carbocycles. The number of halogens is 1. The molecule has 2 rings (SSSR count). The summed E-state index contributed by atoms with van der Waals surface area (Å²) in [6.45, 7) is 0. The summed E-state index contributed by atoms with van der Waals surface area (Å²) in [5.74, 6) is 0.284. The molecule has 0 aliphatic heterocycles. The highest BCUT2D eigenvalue weighted by molar-refractivity contribution is 9.09. The molecule has 0 spiro atoms. The van der Waals surface area contributed by atoms with Crippen molar-refractivity contribution in [3.63, 3.8) is 0 Å². The molecule has 0 radical (unpaired) electrons. The van der Waals surface area contributed by atoms with Gasteiger partial charge in [-0.2, -0.15) is 0 Å². The zero-order valence-corrected chi connectivity index (χ0v) is 7.54. The summed E-state index contributed by atoms with van der Waals surface area (Å²) < 4.78 is 0. The largest absolute Gasteiger partial charge is 0.293 e. The quantitative estimate of drug-likeness (QED) is 0.610. The lowest BCUT2D eigenvalue weighted by molar-refractivity contribution is 0.0998. The van der Waals surface area contributed by atoms with Crippen molar-refractivity contribution in [2.24, 2.45) is 0 Å². The fraction of sp³-hybridized carbons (Fsp3) is 0.286. The van der Waals surface area contributed by atoms with E-state index in [9.17, 15) is 4.79 Å². The molecular formula is C7H5BrOS. The summed E-state index contributed by atoms with van der Waals surface area (Å²) in [6, 6.07) is 2.02. The minimum atomic E-state index is 0.279. The number of hydrogen-bond acceptors (Lipinski definition) is 2. The summed E-state index contributed by atoms with van der Waals surface area (Å²) >= 11 is 4.99. The maximum atomic E-state index is 11.1. The SMILES string of the molecule is O=C1CC(Br)c2ccsc21. The molecule has 0 amide bonds. The maximum Gasteiger partial charge on any atom is 0.174 e. The minimum absolute atomic E-state index is 0.279. The highest BCUT2D eigenvalue weighted by atomic mass is 79.9. The summed E-state index contributed by atoms with van der Waals surface area (Å²) in [5.41, 5.74) is 1.18. The molecule has 1 aromatic heterocycles. The van der Waals surface area contributed by atoms with Crippen molar-refractivity contribution in [2.45, 2.75) is 11.2 Å². The summed E-state index contributed by atoms with van der Waals surface area (Å²) in [7, 11) is 0. The van der Waals surface area contributed by atoms with Crippen LogP contribution in [0.25, 0.3) is 0 Å². The van der Waals surface area contributed by atoms with Gasteiger partial charge in [0.15, 0.2) is 5.78 Å². The topological polar surface area (TPSA) is 17.1 Å². The fourth-order valence-electron chi connectivity index (χ4n) is 1.16. The van der Waals surface area contributed by atoms with Crippen LogP contribution in [-0.2, 0) is 0 Å². The Morgan fingerprint density at radius 1 is 1.70 bits per heavy atom. The van der Waals surface area contributed by atoms with E-state index in [2.05, 4.69) is 15.9 Å². The van der Waals surface area contributed by atoms with Crippen LogP contribution in [-0.4, -0.2) is 5.78 Å². The Morgan fingerprint density at radius 2 is 2.50 bits per heavy atom. The number of carbonyl (C=O) groups excluding carboxylic acids is 1. The number of hydrogen-bond donors (Lipinski definition) is 0. The Kier molecular flexibility index (Phi) is 1.42. The molecule has 0 saturated carbocycles. The van der Waals surface area contributed by atoms with Crippen molar-refractivity contribution in [1.82, 2.24) is 0 Å². The van der Waals surface area contributed by atoms with Crippen LogP contribution in [0.2, 0.25) is 0 Å². The summed E-state index contributed by atoms with van der Waals surface area (Å²) in [6.07, 6.45) is 0.641. The Morgan fingerprint density at radius 3 is 3.20 bits per heavy atom. The van der Waals surface area contributed by atoms with Crippen LogP contribution in [0, 0.1) is 0 Å². The van der Waals surface area contributed by atoms with Gasteiger partial charge in [0.2, 0.25) is 0 Å². The standard InChI is InChI=1S/C7H5BrOS/c8-5-3-6(9)7-4(5)1-2-10-7/h1-2,5H,3H2. The molecular weight excluding hydrogens is 212 g/mol. The van der Waals surface area contributed by atoms with Crippen molar-refractivity contribution < 1.29 is 4.79 Å². The molecule has 52 valence electrons. The number of ketones is 1. The van der Waals surface area contributed by atoms with Gasteiger partial charge in [0, 0.05) is 11.2 Å². The first-order valence-corrected chi connectivity index (χ1v) is 4.83. The van der Waals surface area contributed by atoms with E-state index in [1.165, 1.54) is 5.56 Å². The minimum Gasteiger partial charge on any atom is -0.293 e. The van der Waals surface area contributed by atoms with E-state index in [1.54, 1.807) is 11.3 Å². The average molecular weight is 217 g/mol. The number of thiophene rings is 1. The number of carbonyl (C=O) groups is 1. The maximum absolute atomic E-state index is 11.1. The van der Waals surface area contributed by atoms with Crippen LogP contribution >= 0.6 is 27.3 Å². The van der Waals surface area contributed by atoms with Crippen LogP contribution in [0.3, 0.4) is 0 Å². The van der Waals surface area contributed by atoms with Crippen LogP contribution < -0.4 is 0 Å². The molecule has 0 aromatic carbocycles. The second-order valence-electron chi connectivity index (χ2n) is 2.30. The van der Waals surface area contributed by atoms with Crippen molar-refractivity contribution in [3.8, 4) is 0 Å². The predicted molar refractivity (Wildman–Crippen MR) is 44.9 cm³/mol. The highest BCUT2D eigenvalue weighted by Crippen LogP contribution is 2.39. The number of rotatable bonds is 0. The van der Waals surface area contributed by atoms with Gasteiger partial charge in [-0.1, -0.05) is 15.9 Å². The van der Waals surface area contributed by atoms with E-state index in [1.807, 2.05) is 11.4 Å². The number of alkyl halides is 1. The first kappa shape index (κ1) is 6.55. The van der Waals surface area contributed by atoms with Crippen LogP contribution in [0.5, 0.6) is 0 Å². The van der Waals surface area contributed by atoms with E-state index in [0.29, 0.717) is 6.42 Å². The first-order chi connectivity index (χ1) is 4.79. The molecule has 0 N–H and O–H groups in total. The molecule has 3 heteroatoms. The van der Waals surface area contributed by atoms with E-state index in [4.69, 9.17) is 0 Å². The summed E-state index contributed by atoms with van der Waals surface area (Å²) in [5, 5.41) is 1.97. The lowest BCUT2D eigenvalue weighted by Crippen LogP contribution is -1.86. The van der Waals surface area contributed by atoms with Gasteiger partial charge in [-0.05, 0) is 17.0 Å². The Balaban J connectivity index is 2.58. The molecule has 1 aliphatic rings. The normalized spacial score (nSPS) is 23.3. The molecule has 1 atom stereocenters. The summed E-state index contributed by atoms with van der Waals surface area (Å²) in [4.78, 5) is 12.3. The Labute approximate surface area is 71.2 Å². The zero-order valence-electron chi connectivity index (χ0n) is 5.13. The predicted octanol–water partition coefficient (Wildman–Crippen LogP) is 2.77. The third-order valence-corrected chi connectivity index (χ3v) is 3.44. The van der Waals surface area contributed by atoms with Gasteiger partial charge >= 0.3 is 0 Å². The van der Waals surface area contributed by atoms with Crippen LogP contribution in [0.4, 0.5) is 0 Å². The van der Waals surface area contributed by atoms with E-state index in [0.717, 1.165) is 4.88 Å². The van der Waals surface area contributed by atoms with Gasteiger partial charge in [-0.3, -0.25) is 4.79 Å². The average Bonchev–Trinajstić information content (AvgIpc) is 2.39. The third kappa shape index (κ3) is 0.772. The Bertz CT molecular complexity index is 279. The van der Waals surface area contributed by atoms with Gasteiger partial charge in [0.1, 0.15) is 0 Å². The lowest BCUT2D eigenvalue weighted by atomic mass is 10.3. The number of Topliss-reactive ketones (excluding diaryl/α,β-unsaturated/α-hetero) is 1. The molecule has 1 nitrogen and oxygen atoms in total. The third-order valence-electron chi connectivity index (χ3n) is 1.65. The zero-order chi connectivity index (χ0) is 7.14. The van der Waals surface area contributed by atoms with Crippen molar-refractivity contribution in [2.75, 3.05) is 0 Å². The molecule has 1 heterocycles. The van der Waals surface area contributed by atoms with E-state index >= 15 is 0 Å². The lowest BCUT2D eigenvalue weighted by Gasteiger charge is -1.92. The molecule has 0 saturated heterocycles. The van der Waals surface area contributed by atoms with Gasteiger partial charge in [-0.25, -0.2) is 0 Å². The molecule has 1 unspecified atom stereocenters. The Hall–Kier alpha value is -0.150. The van der Waals surface area contributed by atoms with Gasteiger partial charge in [0.05, 0.1) is 4.88 Å². The monoisotopic (exact) mass is 216 g/mol. The van der Waals surface area contributed by atoms with Crippen molar-refractivity contribution >= 4 is 33.0 Å².